The van der Waals surface area contributed by atoms with Crippen molar-refractivity contribution in [2.75, 3.05) is 6.61 Å². The predicted octanol–water partition coefficient (Wildman–Crippen LogP) is 3.71. The molecule has 1 atom stereocenters. The molecule has 1 aliphatic carbocycles. The summed E-state index contributed by atoms with van der Waals surface area (Å²) in [7, 11) is 0. The second-order valence-corrected chi connectivity index (χ2v) is 4.68. The van der Waals surface area contributed by atoms with Gasteiger partial charge in [-0.2, -0.15) is 0 Å². The first-order valence-electron chi connectivity index (χ1n) is 5.08. The van der Waals surface area contributed by atoms with Gasteiger partial charge >= 0.3 is 0 Å². The van der Waals surface area contributed by atoms with Crippen LogP contribution in [0.25, 0.3) is 0 Å². The monoisotopic (exact) mass is 234 g/mol. The first-order chi connectivity index (χ1) is 5.83. The first kappa shape index (κ1) is 10.5. The molecular weight excluding hydrogens is 216 g/mol. The van der Waals surface area contributed by atoms with Gasteiger partial charge in [-0.15, -0.1) is 0 Å². The summed E-state index contributed by atoms with van der Waals surface area (Å²) in [5.74, 6) is 0.838. The van der Waals surface area contributed by atoms with Crippen molar-refractivity contribution >= 4 is 15.9 Å². The number of hydrogen-bond acceptors (Lipinski definition) is 1. The summed E-state index contributed by atoms with van der Waals surface area (Å²) in [4.78, 5) is 0. The topological polar surface area (TPSA) is 9.23 Å². The van der Waals surface area contributed by atoms with E-state index >= 15 is 0 Å². The Morgan fingerprint density at radius 3 is 2.58 bits per heavy atom. The summed E-state index contributed by atoms with van der Waals surface area (Å²) >= 11 is 3.48. The van der Waals surface area contributed by atoms with Gasteiger partial charge in [0.05, 0.1) is 6.61 Å². The number of hydrogen-bond donors (Lipinski definition) is 0. The SMILES string of the molecule is CCC(Br)OCC1CCCCC1. The van der Waals surface area contributed by atoms with Gasteiger partial charge in [0, 0.05) is 0 Å². The number of ether oxygens (including phenoxy) is 1. The van der Waals surface area contributed by atoms with E-state index in [0.29, 0.717) is 0 Å². The number of rotatable bonds is 4. The van der Waals surface area contributed by atoms with Crippen molar-refractivity contribution in [3.05, 3.63) is 0 Å². The van der Waals surface area contributed by atoms with E-state index in [1.54, 1.807) is 0 Å². The molecule has 2 heteroatoms. The molecular formula is C10H19BrO. The Hall–Kier alpha value is 0.440. The third kappa shape index (κ3) is 3.90. The molecule has 1 saturated carbocycles. The minimum Gasteiger partial charge on any atom is -0.367 e. The maximum Gasteiger partial charge on any atom is 0.112 e. The van der Waals surface area contributed by atoms with Crippen LogP contribution in [0.3, 0.4) is 0 Å². The molecule has 0 saturated heterocycles. The standard InChI is InChI=1S/C10H19BrO/c1-2-10(11)12-8-9-6-4-3-5-7-9/h9-10H,2-8H2,1H3. The van der Waals surface area contributed by atoms with E-state index in [1.165, 1.54) is 32.1 Å². The molecule has 0 N–H and O–H groups in total. The highest BCUT2D eigenvalue weighted by molar-refractivity contribution is 9.09. The molecule has 1 aliphatic rings. The molecule has 1 rings (SSSR count). The normalized spacial score (nSPS) is 22.5. The number of alkyl halides is 1. The van der Waals surface area contributed by atoms with Crippen molar-refractivity contribution < 1.29 is 4.74 Å². The Bertz CT molecular complexity index is 110. The van der Waals surface area contributed by atoms with Crippen molar-refractivity contribution in [3.8, 4) is 0 Å². The Balaban J connectivity index is 2.05. The quantitative estimate of drug-likeness (QED) is 0.675. The van der Waals surface area contributed by atoms with Crippen LogP contribution in [-0.2, 0) is 4.74 Å². The van der Waals surface area contributed by atoms with E-state index in [0.717, 1.165) is 18.9 Å². The van der Waals surface area contributed by atoms with Gasteiger partial charge in [0.1, 0.15) is 5.01 Å². The van der Waals surface area contributed by atoms with E-state index in [4.69, 9.17) is 4.74 Å². The van der Waals surface area contributed by atoms with Gasteiger partial charge in [-0.3, -0.25) is 0 Å². The van der Waals surface area contributed by atoms with Gasteiger partial charge in [-0.25, -0.2) is 0 Å². The summed E-state index contributed by atoms with van der Waals surface area (Å²) < 4.78 is 5.65. The lowest BCUT2D eigenvalue weighted by Gasteiger charge is -2.22. The summed E-state index contributed by atoms with van der Waals surface area (Å²) in [5.41, 5.74) is 0. The molecule has 72 valence electrons. The highest BCUT2D eigenvalue weighted by atomic mass is 79.9. The van der Waals surface area contributed by atoms with E-state index in [2.05, 4.69) is 22.9 Å². The van der Waals surface area contributed by atoms with Gasteiger partial charge in [0.25, 0.3) is 0 Å². The summed E-state index contributed by atoms with van der Waals surface area (Å²) in [6, 6.07) is 0. The second-order valence-electron chi connectivity index (χ2n) is 3.66. The Morgan fingerprint density at radius 2 is 2.00 bits per heavy atom. The Labute approximate surface area is 84.0 Å². The second kappa shape index (κ2) is 5.98. The lowest BCUT2D eigenvalue weighted by molar-refractivity contribution is 0.0701. The molecule has 0 aromatic rings. The molecule has 0 bridgehead atoms. The average Bonchev–Trinajstić information content (AvgIpc) is 2.16. The van der Waals surface area contributed by atoms with E-state index in [-0.39, 0.29) is 5.01 Å². The molecule has 0 aromatic carbocycles. The lowest BCUT2D eigenvalue weighted by Crippen LogP contribution is -2.16. The molecule has 1 unspecified atom stereocenters. The summed E-state index contributed by atoms with van der Waals surface area (Å²) in [5, 5.41) is 0.277. The van der Waals surface area contributed by atoms with Gasteiger partial charge in [0.2, 0.25) is 0 Å². The molecule has 0 amide bonds. The Kier molecular flexibility index (Phi) is 5.24. The molecule has 1 fully saturated rings. The van der Waals surface area contributed by atoms with E-state index in [1.807, 2.05) is 0 Å². The van der Waals surface area contributed by atoms with Crippen molar-refractivity contribution in [1.29, 1.82) is 0 Å². The molecule has 0 radical (unpaired) electrons. The Morgan fingerprint density at radius 1 is 1.33 bits per heavy atom. The van der Waals surface area contributed by atoms with Crippen LogP contribution >= 0.6 is 15.9 Å². The largest absolute Gasteiger partial charge is 0.367 e. The van der Waals surface area contributed by atoms with E-state index < -0.39 is 0 Å². The van der Waals surface area contributed by atoms with Crippen molar-refractivity contribution in [1.82, 2.24) is 0 Å². The van der Waals surface area contributed by atoms with Crippen LogP contribution in [0.15, 0.2) is 0 Å². The zero-order valence-electron chi connectivity index (χ0n) is 7.89. The van der Waals surface area contributed by atoms with Crippen LogP contribution in [0.2, 0.25) is 0 Å². The van der Waals surface area contributed by atoms with E-state index in [9.17, 15) is 0 Å². The van der Waals surface area contributed by atoms with Gasteiger partial charge in [-0.05, 0) is 25.2 Å². The van der Waals surface area contributed by atoms with Crippen LogP contribution in [0.5, 0.6) is 0 Å². The molecule has 12 heavy (non-hydrogen) atoms. The van der Waals surface area contributed by atoms with Crippen LogP contribution < -0.4 is 0 Å². The zero-order chi connectivity index (χ0) is 8.81. The van der Waals surface area contributed by atoms with Gasteiger partial charge in [-0.1, -0.05) is 42.1 Å². The highest BCUT2D eigenvalue weighted by Gasteiger charge is 2.14. The van der Waals surface area contributed by atoms with Gasteiger partial charge < -0.3 is 4.74 Å². The summed E-state index contributed by atoms with van der Waals surface area (Å²) in [6.45, 7) is 3.10. The maximum atomic E-state index is 5.65. The fraction of sp³-hybridized carbons (Fsp3) is 1.00. The van der Waals surface area contributed by atoms with Gasteiger partial charge in [0.15, 0.2) is 0 Å². The molecule has 0 heterocycles. The molecule has 0 aliphatic heterocycles. The van der Waals surface area contributed by atoms with Crippen LogP contribution in [0.1, 0.15) is 45.4 Å². The predicted molar refractivity (Wildman–Crippen MR) is 55.5 cm³/mol. The van der Waals surface area contributed by atoms with Crippen LogP contribution in [0, 0.1) is 5.92 Å². The first-order valence-corrected chi connectivity index (χ1v) is 6.00. The van der Waals surface area contributed by atoms with Crippen molar-refractivity contribution in [2.45, 2.75) is 50.5 Å². The van der Waals surface area contributed by atoms with Crippen molar-refractivity contribution in [2.24, 2.45) is 5.92 Å². The molecule has 0 spiro atoms. The lowest BCUT2D eigenvalue weighted by atomic mass is 9.90. The average molecular weight is 235 g/mol. The van der Waals surface area contributed by atoms with Crippen LogP contribution in [0.4, 0.5) is 0 Å². The fourth-order valence-electron chi connectivity index (χ4n) is 1.71. The summed E-state index contributed by atoms with van der Waals surface area (Å²) in [6.07, 6.45) is 8.07. The van der Waals surface area contributed by atoms with Crippen LogP contribution in [-0.4, -0.2) is 11.6 Å². The smallest absolute Gasteiger partial charge is 0.112 e. The molecule has 0 aromatic heterocycles. The van der Waals surface area contributed by atoms with Crippen molar-refractivity contribution in [3.63, 3.8) is 0 Å². The molecule has 1 nitrogen and oxygen atoms in total. The highest BCUT2D eigenvalue weighted by Crippen LogP contribution is 2.24. The third-order valence-electron chi connectivity index (χ3n) is 2.56. The minimum atomic E-state index is 0.277. The minimum absolute atomic E-state index is 0.277. The fourth-order valence-corrected chi connectivity index (χ4v) is 1.86. The maximum absolute atomic E-state index is 5.65. The zero-order valence-corrected chi connectivity index (χ0v) is 9.48. The third-order valence-corrected chi connectivity index (χ3v) is 3.47. The number of halogens is 1.